The number of hydrogen-bond acceptors (Lipinski definition) is 5. The van der Waals surface area contributed by atoms with E-state index in [1.54, 1.807) is 42.7 Å². The third-order valence-corrected chi connectivity index (χ3v) is 3.92. The van der Waals surface area contributed by atoms with Gasteiger partial charge in [0.05, 0.1) is 11.9 Å². The molecule has 6 heteroatoms. The van der Waals surface area contributed by atoms with E-state index in [0.717, 1.165) is 30.2 Å². The second kappa shape index (κ2) is 8.29. The number of pyridine rings is 1. The summed E-state index contributed by atoms with van der Waals surface area (Å²) in [6.45, 7) is 1.95. The number of rotatable bonds is 7. The smallest absolute Gasteiger partial charge is 0.336 e. The molecule has 2 aromatic heterocycles. The van der Waals surface area contributed by atoms with E-state index in [2.05, 4.69) is 17.2 Å². The van der Waals surface area contributed by atoms with Gasteiger partial charge in [-0.15, -0.1) is 0 Å². The number of aromatic nitrogens is 1. The number of unbranched alkanes of at least 4 members (excludes halogenated alkanes) is 1. The summed E-state index contributed by atoms with van der Waals surface area (Å²) in [5, 5.41) is 3.58. The standard InChI is InChI=1S/C20H20N2O4/c1-2-3-5-14-10-20(24)26-18-11-16(7-8-17(14)18)25-13-19(23)22-15-6-4-9-21-12-15/h4,6-12H,2-3,5,13H2,1H3,(H,22,23). The van der Waals surface area contributed by atoms with Crippen LogP contribution in [0.1, 0.15) is 25.3 Å². The van der Waals surface area contributed by atoms with Crippen molar-refractivity contribution in [2.45, 2.75) is 26.2 Å². The van der Waals surface area contributed by atoms with Crippen molar-refractivity contribution in [3.05, 3.63) is 64.8 Å². The number of nitrogens with one attached hydrogen (secondary N) is 1. The minimum atomic E-state index is -0.380. The van der Waals surface area contributed by atoms with Crippen molar-refractivity contribution in [2.24, 2.45) is 0 Å². The van der Waals surface area contributed by atoms with Crippen LogP contribution in [0.3, 0.4) is 0 Å². The van der Waals surface area contributed by atoms with Crippen molar-refractivity contribution in [2.75, 3.05) is 11.9 Å². The molecule has 0 aliphatic rings. The summed E-state index contributed by atoms with van der Waals surface area (Å²) in [7, 11) is 0. The monoisotopic (exact) mass is 352 g/mol. The Balaban J connectivity index is 1.70. The fourth-order valence-electron chi connectivity index (χ4n) is 2.66. The molecule has 0 saturated heterocycles. The summed E-state index contributed by atoms with van der Waals surface area (Å²) in [5.74, 6) is 0.172. The summed E-state index contributed by atoms with van der Waals surface area (Å²) in [6.07, 6.45) is 6.07. The molecule has 0 unspecified atom stereocenters. The lowest BCUT2D eigenvalue weighted by atomic mass is 10.0. The molecule has 2 heterocycles. The van der Waals surface area contributed by atoms with E-state index >= 15 is 0 Å². The van der Waals surface area contributed by atoms with Crippen LogP contribution in [-0.4, -0.2) is 17.5 Å². The van der Waals surface area contributed by atoms with Crippen molar-refractivity contribution >= 4 is 22.6 Å². The number of benzene rings is 1. The third kappa shape index (κ3) is 4.47. The highest BCUT2D eigenvalue weighted by atomic mass is 16.5. The molecule has 0 aliphatic carbocycles. The van der Waals surface area contributed by atoms with Gasteiger partial charge in [-0.2, -0.15) is 0 Å². The molecule has 0 bridgehead atoms. The molecule has 0 saturated carbocycles. The van der Waals surface area contributed by atoms with Crippen LogP contribution in [0.5, 0.6) is 5.75 Å². The lowest BCUT2D eigenvalue weighted by Crippen LogP contribution is -2.20. The van der Waals surface area contributed by atoms with Crippen LogP contribution < -0.4 is 15.7 Å². The zero-order valence-corrected chi connectivity index (χ0v) is 14.5. The number of fused-ring (bicyclic) bond motifs is 1. The highest BCUT2D eigenvalue weighted by molar-refractivity contribution is 5.91. The Kier molecular flexibility index (Phi) is 5.63. The second-order valence-electron chi connectivity index (χ2n) is 5.93. The Morgan fingerprint density at radius 3 is 2.92 bits per heavy atom. The predicted octanol–water partition coefficient (Wildman–Crippen LogP) is 3.55. The lowest BCUT2D eigenvalue weighted by molar-refractivity contribution is -0.118. The van der Waals surface area contributed by atoms with Crippen molar-refractivity contribution in [3.63, 3.8) is 0 Å². The molecule has 3 rings (SSSR count). The van der Waals surface area contributed by atoms with Gasteiger partial charge in [0.2, 0.25) is 0 Å². The van der Waals surface area contributed by atoms with Crippen LogP contribution in [0.15, 0.2) is 58.0 Å². The van der Waals surface area contributed by atoms with Crippen LogP contribution in [0.4, 0.5) is 5.69 Å². The highest BCUT2D eigenvalue weighted by Crippen LogP contribution is 2.23. The molecule has 1 amide bonds. The first-order valence-corrected chi connectivity index (χ1v) is 8.55. The SMILES string of the molecule is CCCCc1cc(=O)oc2cc(OCC(=O)Nc3cccnc3)ccc12. The van der Waals surface area contributed by atoms with Gasteiger partial charge in [0.25, 0.3) is 5.91 Å². The number of carbonyl (C=O) groups is 1. The quantitative estimate of drug-likeness (QED) is 0.658. The number of carbonyl (C=O) groups excluding carboxylic acids is 1. The molecule has 3 aromatic rings. The zero-order valence-electron chi connectivity index (χ0n) is 14.5. The van der Waals surface area contributed by atoms with Crippen LogP contribution >= 0.6 is 0 Å². The van der Waals surface area contributed by atoms with Crippen molar-refractivity contribution in [1.82, 2.24) is 4.98 Å². The van der Waals surface area contributed by atoms with Crippen LogP contribution in [0.25, 0.3) is 11.0 Å². The maximum atomic E-state index is 11.9. The molecule has 134 valence electrons. The summed E-state index contributed by atoms with van der Waals surface area (Å²) >= 11 is 0. The fraction of sp³-hybridized carbons (Fsp3) is 0.250. The molecule has 1 aromatic carbocycles. The maximum absolute atomic E-state index is 11.9. The second-order valence-corrected chi connectivity index (χ2v) is 5.93. The molecule has 0 fully saturated rings. The van der Waals surface area contributed by atoms with E-state index in [-0.39, 0.29) is 18.1 Å². The van der Waals surface area contributed by atoms with E-state index in [9.17, 15) is 9.59 Å². The first-order chi connectivity index (χ1) is 12.7. The molecular weight excluding hydrogens is 332 g/mol. The summed E-state index contributed by atoms with van der Waals surface area (Å²) in [6, 6.07) is 10.3. The first-order valence-electron chi connectivity index (χ1n) is 8.55. The molecule has 0 aliphatic heterocycles. The molecule has 26 heavy (non-hydrogen) atoms. The minimum absolute atomic E-state index is 0.153. The first kappa shape index (κ1) is 17.7. The summed E-state index contributed by atoms with van der Waals surface area (Å²) < 4.78 is 10.8. The van der Waals surface area contributed by atoms with E-state index in [1.165, 1.54) is 0 Å². The number of hydrogen-bond donors (Lipinski definition) is 1. The number of amides is 1. The van der Waals surface area contributed by atoms with Gasteiger partial charge in [-0.3, -0.25) is 9.78 Å². The van der Waals surface area contributed by atoms with Gasteiger partial charge in [-0.1, -0.05) is 13.3 Å². The Morgan fingerprint density at radius 1 is 1.27 bits per heavy atom. The van der Waals surface area contributed by atoms with Gasteiger partial charge in [0, 0.05) is 23.7 Å². The van der Waals surface area contributed by atoms with E-state index in [0.29, 0.717) is 17.0 Å². The van der Waals surface area contributed by atoms with Gasteiger partial charge >= 0.3 is 5.63 Å². The predicted molar refractivity (Wildman–Crippen MR) is 99.5 cm³/mol. The topological polar surface area (TPSA) is 81.4 Å². The summed E-state index contributed by atoms with van der Waals surface area (Å²) in [4.78, 5) is 27.6. The summed E-state index contributed by atoms with van der Waals surface area (Å²) in [5.41, 5.74) is 1.66. The molecule has 6 nitrogen and oxygen atoms in total. The molecule has 1 N–H and O–H groups in total. The number of nitrogens with zero attached hydrogens (tertiary/aromatic N) is 1. The average molecular weight is 352 g/mol. The van der Waals surface area contributed by atoms with Crippen LogP contribution in [0, 0.1) is 0 Å². The fourth-order valence-corrected chi connectivity index (χ4v) is 2.66. The lowest BCUT2D eigenvalue weighted by Gasteiger charge is -2.09. The van der Waals surface area contributed by atoms with Gasteiger partial charge in [-0.25, -0.2) is 4.79 Å². The average Bonchev–Trinajstić information content (AvgIpc) is 2.65. The van der Waals surface area contributed by atoms with Gasteiger partial charge in [0.15, 0.2) is 6.61 Å². The molecular formula is C20H20N2O4. The van der Waals surface area contributed by atoms with E-state index in [1.807, 2.05) is 6.07 Å². The van der Waals surface area contributed by atoms with Crippen molar-refractivity contribution in [3.8, 4) is 5.75 Å². The van der Waals surface area contributed by atoms with Gasteiger partial charge in [-0.05, 0) is 42.7 Å². The minimum Gasteiger partial charge on any atom is -0.484 e. The molecule has 0 atom stereocenters. The zero-order chi connectivity index (χ0) is 18.4. The van der Waals surface area contributed by atoms with Gasteiger partial charge in [0.1, 0.15) is 11.3 Å². The number of anilines is 1. The van der Waals surface area contributed by atoms with Crippen molar-refractivity contribution < 1.29 is 13.9 Å². The molecule has 0 radical (unpaired) electrons. The normalized spacial score (nSPS) is 10.7. The van der Waals surface area contributed by atoms with Crippen LogP contribution in [-0.2, 0) is 11.2 Å². The van der Waals surface area contributed by atoms with Gasteiger partial charge < -0.3 is 14.5 Å². The van der Waals surface area contributed by atoms with Crippen LogP contribution in [0.2, 0.25) is 0 Å². The Bertz CT molecular complexity index is 951. The maximum Gasteiger partial charge on any atom is 0.336 e. The number of ether oxygens (including phenoxy) is 1. The molecule has 0 spiro atoms. The highest BCUT2D eigenvalue weighted by Gasteiger charge is 2.09. The van der Waals surface area contributed by atoms with E-state index < -0.39 is 0 Å². The Morgan fingerprint density at radius 2 is 2.15 bits per heavy atom. The van der Waals surface area contributed by atoms with E-state index in [4.69, 9.17) is 9.15 Å². The third-order valence-electron chi connectivity index (χ3n) is 3.92. The largest absolute Gasteiger partial charge is 0.484 e. The Labute approximate surface area is 150 Å². The number of aryl methyl sites for hydroxylation is 1. The van der Waals surface area contributed by atoms with Crippen molar-refractivity contribution in [1.29, 1.82) is 0 Å². The Hall–Kier alpha value is -3.15.